The van der Waals surface area contributed by atoms with Crippen LogP contribution in [0, 0.1) is 0 Å². The molecule has 0 atom stereocenters. The van der Waals surface area contributed by atoms with Crippen LogP contribution in [0.5, 0.6) is 0 Å². The van der Waals surface area contributed by atoms with Crippen molar-refractivity contribution in [1.82, 2.24) is 0 Å². The lowest BCUT2D eigenvalue weighted by Gasteiger charge is -2.23. The first-order valence-electron chi connectivity index (χ1n) is 4.88. The highest BCUT2D eigenvalue weighted by molar-refractivity contribution is 6.30. The number of halogens is 1. The van der Waals surface area contributed by atoms with Gasteiger partial charge in [-0.1, -0.05) is 29.8 Å². The zero-order valence-corrected chi connectivity index (χ0v) is 9.84. The van der Waals surface area contributed by atoms with Crippen LogP contribution in [0.1, 0.15) is 25.8 Å². The summed E-state index contributed by atoms with van der Waals surface area (Å²) < 4.78 is 0. The maximum atomic E-state index is 11.8. The summed E-state index contributed by atoms with van der Waals surface area (Å²) in [6.45, 7) is 7.42. The summed E-state index contributed by atoms with van der Waals surface area (Å²) in [6, 6.07) is 7.40. The fourth-order valence-corrected chi connectivity index (χ4v) is 1.54. The molecule has 0 heterocycles. The van der Waals surface area contributed by atoms with Gasteiger partial charge in [-0.2, -0.15) is 0 Å². The van der Waals surface area contributed by atoms with Gasteiger partial charge < -0.3 is 0 Å². The zero-order chi connectivity index (χ0) is 11.5. The summed E-state index contributed by atoms with van der Waals surface area (Å²) >= 11 is 5.80. The highest BCUT2D eigenvalue weighted by Crippen LogP contribution is 2.26. The van der Waals surface area contributed by atoms with Crippen LogP contribution in [0.15, 0.2) is 36.9 Å². The van der Waals surface area contributed by atoms with E-state index in [4.69, 9.17) is 11.6 Å². The number of benzene rings is 1. The third kappa shape index (κ3) is 2.69. The molecule has 0 aromatic heterocycles. The van der Waals surface area contributed by atoms with E-state index >= 15 is 0 Å². The van der Waals surface area contributed by atoms with Gasteiger partial charge in [0.25, 0.3) is 0 Å². The van der Waals surface area contributed by atoms with E-state index in [0.29, 0.717) is 11.4 Å². The molecule has 1 aromatic carbocycles. The average molecular weight is 223 g/mol. The maximum absolute atomic E-state index is 11.8. The topological polar surface area (TPSA) is 17.1 Å². The van der Waals surface area contributed by atoms with E-state index in [1.165, 1.54) is 0 Å². The number of Topliss-reactive ketones (excluding diaryl/α,β-unsaturated/α-hetero) is 1. The second-order valence-electron chi connectivity index (χ2n) is 4.05. The molecule has 0 aliphatic heterocycles. The van der Waals surface area contributed by atoms with Gasteiger partial charge >= 0.3 is 0 Å². The Bertz CT molecular complexity index is 363. The van der Waals surface area contributed by atoms with Crippen molar-refractivity contribution in [2.24, 2.45) is 0 Å². The Morgan fingerprint density at radius 3 is 2.40 bits per heavy atom. The minimum absolute atomic E-state index is 0.167. The molecule has 1 rings (SSSR count). The Morgan fingerprint density at radius 2 is 1.93 bits per heavy atom. The Kier molecular flexibility index (Phi) is 3.70. The molecular weight excluding hydrogens is 208 g/mol. The van der Waals surface area contributed by atoms with Crippen LogP contribution in [0.3, 0.4) is 0 Å². The normalized spacial score (nSPS) is 11.1. The van der Waals surface area contributed by atoms with E-state index in [-0.39, 0.29) is 5.78 Å². The molecule has 15 heavy (non-hydrogen) atoms. The van der Waals surface area contributed by atoms with Gasteiger partial charge in [-0.25, -0.2) is 0 Å². The summed E-state index contributed by atoms with van der Waals surface area (Å²) in [4.78, 5) is 11.8. The Balaban J connectivity index is 2.99. The van der Waals surface area contributed by atoms with E-state index in [1.54, 1.807) is 18.2 Å². The molecule has 0 saturated carbocycles. The Hall–Kier alpha value is -1.08. The van der Waals surface area contributed by atoms with Crippen molar-refractivity contribution in [3.8, 4) is 0 Å². The average Bonchev–Trinajstić information content (AvgIpc) is 2.18. The molecule has 2 heteroatoms. The van der Waals surface area contributed by atoms with Crippen LogP contribution in [-0.2, 0) is 10.2 Å². The molecule has 0 N–H and O–H groups in total. The van der Waals surface area contributed by atoms with Crippen molar-refractivity contribution in [3.05, 3.63) is 47.5 Å². The molecule has 0 radical (unpaired) electrons. The van der Waals surface area contributed by atoms with E-state index in [1.807, 2.05) is 26.0 Å². The second kappa shape index (κ2) is 4.63. The van der Waals surface area contributed by atoms with Crippen LogP contribution < -0.4 is 0 Å². The van der Waals surface area contributed by atoms with Gasteiger partial charge in [0.1, 0.15) is 5.78 Å². The van der Waals surface area contributed by atoms with Gasteiger partial charge in [-0.3, -0.25) is 4.79 Å². The fraction of sp³-hybridized carbons (Fsp3) is 0.308. The molecule has 0 spiro atoms. The number of carbonyl (C=O) groups is 1. The van der Waals surface area contributed by atoms with Gasteiger partial charge in [-0.15, -0.1) is 6.58 Å². The summed E-state index contributed by atoms with van der Waals surface area (Å²) in [5, 5.41) is 0.686. The quantitative estimate of drug-likeness (QED) is 0.709. The highest BCUT2D eigenvalue weighted by Gasteiger charge is 2.27. The largest absolute Gasteiger partial charge is 0.298 e. The van der Waals surface area contributed by atoms with Crippen LogP contribution in [-0.4, -0.2) is 5.78 Å². The zero-order valence-electron chi connectivity index (χ0n) is 9.09. The number of hydrogen-bond acceptors (Lipinski definition) is 1. The Morgan fingerprint density at radius 1 is 1.40 bits per heavy atom. The summed E-state index contributed by atoms with van der Waals surface area (Å²) in [5.74, 6) is 0.167. The van der Waals surface area contributed by atoms with Crippen LogP contribution in [0.25, 0.3) is 0 Å². The number of allylic oxidation sites excluding steroid dienone is 1. The number of ketones is 1. The van der Waals surface area contributed by atoms with Crippen LogP contribution in [0.2, 0.25) is 5.02 Å². The van der Waals surface area contributed by atoms with E-state index in [0.717, 1.165) is 5.56 Å². The third-order valence-corrected chi connectivity index (χ3v) is 2.84. The fourth-order valence-electron chi connectivity index (χ4n) is 1.41. The molecule has 0 bridgehead atoms. The monoisotopic (exact) mass is 222 g/mol. The molecule has 0 fully saturated rings. The highest BCUT2D eigenvalue weighted by atomic mass is 35.5. The molecule has 0 unspecified atom stereocenters. The molecule has 0 aliphatic carbocycles. The first kappa shape index (κ1) is 12.0. The van der Waals surface area contributed by atoms with Gasteiger partial charge in [0.2, 0.25) is 0 Å². The summed E-state index contributed by atoms with van der Waals surface area (Å²) in [6.07, 6.45) is 2.04. The third-order valence-electron chi connectivity index (χ3n) is 2.59. The molecule has 1 aromatic rings. The lowest BCUT2D eigenvalue weighted by atomic mass is 9.79. The van der Waals surface area contributed by atoms with Crippen LogP contribution in [0.4, 0.5) is 0 Å². The molecular formula is C13H15ClO. The molecule has 0 saturated heterocycles. The van der Waals surface area contributed by atoms with Gasteiger partial charge in [0.05, 0.1) is 0 Å². The van der Waals surface area contributed by atoms with Crippen LogP contribution >= 0.6 is 11.6 Å². The predicted octanol–water partition coefficient (Wildman–Crippen LogP) is 3.76. The predicted molar refractivity (Wildman–Crippen MR) is 64.3 cm³/mol. The Labute approximate surface area is 95.8 Å². The number of hydrogen-bond donors (Lipinski definition) is 0. The summed E-state index contributed by atoms with van der Waals surface area (Å²) in [7, 11) is 0. The van der Waals surface area contributed by atoms with Gasteiger partial charge in [0.15, 0.2) is 0 Å². The van der Waals surface area contributed by atoms with Crippen molar-refractivity contribution in [1.29, 1.82) is 0 Å². The number of rotatable bonds is 4. The lowest BCUT2D eigenvalue weighted by Crippen LogP contribution is -2.28. The van der Waals surface area contributed by atoms with Crippen molar-refractivity contribution < 1.29 is 4.79 Å². The maximum Gasteiger partial charge on any atom is 0.146 e. The number of carbonyl (C=O) groups excluding carboxylic acids is 1. The van der Waals surface area contributed by atoms with Crippen molar-refractivity contribution >= 4 is 17.4 Å². The summed E-state index contributed by atoms with van der Waals surface area (Å²) in [5.41, 5.74) is 0.512. The van der Waals surface area contributed by atoms with Crippen molar-refractivity contribution in [2.45, 2.75) is 25.7 Å². The smallest absolute Gasteiger partial charge is 0.146 e. The van der Waals surface area contributed by atoms with E-state index in [2.05, 4.69) is 6.58 Å². The molecule has 0 aliphatic rings. The van der Waals surface area contributed by atoms with Gasteiger partial charge in [-0.05, 0) is 31.5 Å². The van der Waals surface area contributed by atoms with Gasteiger partial charge in [0, 0.05) is 16.9 Å². The lowest BCUT2D eigenvalue weighted by molar-refractivity contribution is -0.122. The molecule has 0 amide bonds. The molecule has 80 valence electrons. The first-order valence-corrected chi connectivity index (χ1v) is 5.26. The standard InChI is InChI=1S/C13H15ClO/c1-4-5-12(15)13(2,3)10-6-8-11(14)9-7-10/h4,6-9H,1,5H2,2-3H3. The second-order valence-corrected chi connectivity index (χ2v) is 4.48. The van der Waals surface area contributed by atoms with E-state index in [9.17, 15) is 4.79 Å². The minimum atomic E-state index is -0.473. The minimum Gasteiger partial charge on any atom is -0.298 e. The SMILES string of the molecule is C=CCC(=O)C(C)(C)c1ccc(Cl)cc1. The van der Waals surface area contributed by atoms with Crippen molar-refractivity contribution in [2.75, 3.05) is 0 Å². The first-order chi connectivity index (χ1) is 6.98. The molecule has 1 nitrogen and oxygen atoms in total. The van der Waals surface area contributed by atoms with Crippen molar-refractivity contribution in [3.63, 3.8) is 0 Å². The van der Waals surface area contributed by atoms with E-state index < -0.39 is 5.41 Å².